The van der Waals surface area contributed by atoms with Crippen molar-refractivity contribution in [3.63, 3.8) is 0 Å². The number of benzene rings is 2. The van der Waals surface area contributed by atoms with Gasteiger partial charge in [-0.1, -0.05) is 24.3 Å². The zero-order chi connectivity index (χ0) is 24.8. The van der Waals surface area contributed by atoms with E-state index >= 15 is 4.39 Å². The summed E-state index contributed by atoms with van der Waals surface area (Å²) in [4.78, 5) is 28.3. The molecular weight excluding hydrogens is 445 g/mol. The summed E-state index contributed by atoms with van der Waals surface area (Å²) >= 11 is 0. The van der Waals surface area contributed by atoms with Crippen LogP contribution >= 0.6 is 0 Å². The third-order valence-corrected chi connectivity index (χ3v) is 8.39. The van der Waals surface area contributed by atoms with Crippen LogP contribution in [0.15, 0.2) is 48.5 Å². The molecule has 5 nitrogen and oxygen atoms in total. The highest BCUT2D eigenvalue weighted by atomic mass is 19.1. The van der Waals surface area contributed by atoms with Gasteiger partial charge in [0.05, 0.1) is 12.5 Å². The molecule has 35 heavy (non-hydrogen) atoms. The highest BCUT2D eigenvalue weighted by Gasteiger charge is 2.62. The van der Waals surface area contributed by atoms with Crippen LogP contribution in [0.4, 0.5) is 10.1 Å². The van der Waals surface area contributed by atoms with Crippen molar-refractivity contribution in [2.75, 3.05) is 18.6 Å². The average molecular weight is 480 g/mol. The first kappa shape index (κ1) is 23.8. The van der Waals surface area contributed by atoms with E-state index in [9.17, 15) is 9.59 Å². The van der Waals surface area contributed by atoms with E-state index in [1.54, 1.807) is 4.90 Å². The number of carbonyl (C=O) groups is 2. The Morgan fingerprint density at radius 3 is 2.34 bits per heavy atom. The Kier molecular flexibility index (Phi) is 6.10. The highest BCUT2D eigenvalue weighted by Crippen LogP contribution is 2.66. The standard InChI is InChI=1S/C29H34FNO4/c1-19(2)31(22-7-5-4-6-8-22)26(32)17-35-27(33)29-15-20-11-21(16-29)14-28(13-20,18-29)24-10-9-23(34-3)12-25(24)30/h4-10,12,19-21H,11,13-18H2,1-3H3/t20-,21+,28?,29?. The third kappa shape index (κ3) is 4.21. The number of halogens is 1. The first-order valence-electron chi connectivity index (χ1n) is 12.6. The summed E-state index contributed by atoms with van der Waals surface area (Å²) in [5.74, 6) is 0.447. The largest absolute Gasteiger partial charge is 0.497 e. The summed E-state index contributed by atoms with van der Waals surface area (Å²) in [5, 5.41) is 0. The molecule has 6 heteroatoms. The minimum absolute atomic E-state index is 0.0653. The zero-order valence-corrected chi connectivity index (χ0v) is 20.8. The van der Waals surface area contributed by atoms with Crippen LogP contribution in [0.5, 0.6) is 5.75 Å². The number of carbonyl (C=O) groups excluding carboxylic acids is 2. The van der Waals surface area contributed by atoms with Gasteiger partial charge in [0.15, 0.2) is 6.61 Å². The maximum atomic E-state index is 15.2. The van der Waals surface area contributed by atoms with Gasteiger partial charge in [0.1, 0.15) is 11.6 Å². The molecule has 2 aromatic carbocycles. The van der Waals surface area contributed by atoms with Crippen molar-refractivity contribution < 1.29 is 23.5 Å². The lowest BCUT2D eigenvalue weighted by Crippen LogP contribution is -2.57. The van der Waals surface area contributed by atoms with Crippen molar-refractivity contribution in [1.82, 2.24) is 0 Å². The van der Waals surface area contributed by atoms with E-state index in [0.29, 0.717) is 29.6 Å². The van der Waals surface area contributed by atoms with E-state index in [2.05, 4.69) is 0 Å². The minimum atomic E-state index is -0.647. The third-order valence-electron chi connectivity index (χ3n) is 8.39. The molecular formula is C29H34FNO4. The molecule has 0 heterocycles. The second-order valence-electron chi connectivity index (χ2n) is 11.1. The topological polar surface area (TPSA) is 55.8 Å². The van der Waals surface area contributed by atoms with Crippen molar-refractivity contribution in [2.45, 2.75) is 63.8 Å². The van der Waals surface area contributed by atoms with Gasteiger partial charge in [0.25, 0.3) is 5.91 Å². The summed E-state index contributed by atoms with van der Waals surface area (Å²) in [7, 11) is 1.53. The summed E-state index contributed by atoms with van der Waals surface area (Å²) in [6.45, 7) is 3.60. The summed E-state index contributed by atoms with van der Waals surface area (Å²) in [6.07, 6.45) is 5.00. The van der Waals surface area contributed by atoms with Crippen molar-refractivity contribution in [3.8, 4) is 5.75 Å². The van der Waals surface area contributed by atoms with Crippen molar-refractivity contribution in [2.24, 2.45) is 17.3 Å². The molecule has 4 fully saturated rings. The molecule has 4 bridgehead atoms. The van der Waals surface area contributed by atoms with Crippen molar-refractivity contribution in [3.05, 3.63) is 59.9 Å². The Hall–Kier alpha value is -2.89. The predicted octanol–water partition coefficient (Wildman–Crippen LogP) is 5.66. The predicted molar refractivity (Wildman–Crippen MR) is 132 cm³/mol. The van der Waals surface area contributed by atoms with Gasteiger partial charge in [-0.05, 0) is 93.4 Å². The number of rotatable bonds is 7. The Morgan fingerprint density at radius 2 is 1.74 bits per heavy atom. The van der Waals surface area contributed by atoms with Crippen molar-refractivity contribution >= 4 is 17.6 Å². The first-order valence-corrected chi connectivity index (χ1v) is 12.6. The molecule has 4 aliphatic rings. The molecule has 4 aliphatic carbocycles. The lowest BCUT2D eigenvalue weighted by molar-refractivity contribution is -0.175. The van der Waals surface area contributed by atoms with Crippen LogP contribution in [0.3, 0.4) is 0 Å². The SMILES string of the molecule is COc1ccc(C23C[C@@H]4C[C@@H](CC(C(=O)OCC(=O)N(c5ccccc5)C(C)C)(C4)C2)C3)c(F)c1. The smallest absolute Gasteiger partial charge is 0.312 e. The van der Waals surface area contributed by atoms with E-state index in [1.807, 2.05) is 56.3 Å². The molecule has 186 valence electrons. The summed E-state index contributed by atoms with van der Waals surface area (Å²) < 4.78 is 26.1. The fourth-order valence-electron chi connectivity index (χ4n) is 7.54. The number of ether oxygens (including phenoxy) is 2. The molecule has 0 saturated heterocycles. The van der Waals surface area contributed by atoms with Crippen LogP contribution in [0.1, 0.15) is 57.9 Å². The van der Waals surface area contributed by atoms with Gasteiger partial charge in [0.2, 0.25) is 0 Å². The van der Waals surface area contributed by atoms with E-state index in [0.717, 1.165) is 37.8 Å². The molecule has 0 aliphatic heterocycles. The maximum Gasteiger partial charge on any atom is 0.312 e. The van der Waals surface area contributed by atoms with Crippen LogP contribution in [0, 0.1) is 23.1 Å². The number of methoxy groups -OCH3 is 1. The molecule has 6 rings (SSSR count). The number of hydrogen-bond donors (Lipinski definition) is 0. The number of amides is 1. The van der Waals surface area contributed by atoms with Gasteiger partial charge in [-0.2, -0.15) is 0 Å². The number of nitrogens with zero attached hydrogens (tertiary/aromatic N) is 1. The van der Waals surface area contributed by atoms with Gasteiger partial charge in [-0.25, -0.2) is 4.39 Å². The molecule has 0 radical (unpaired) electrons. The fourth-order valence-corrected chi connectivity index (χ4v) is 7.54. The zero-order valence-electron chi connectivity index (χ0n) is 20.8. The van der Waals surface area contributed by atoms with E-state index < -0.39 is 5.41 Å². The van der Waals surface area contributed by atoms with Crippen LogP contribution in [0.2, 0.25) is 0 Å². The van der Waals surface area contributed by atoms with Gasteiger partial charge < -0.3 is 14.4 Å². The molecule has 0 aromatic heterocycles. The number of hydrogen-bond acceptors (Lipinski definition) is 4. The van der Waals surface area contributed by atoms with Crippen LogP contribution in [-0.4, -0.2) is 31.6 Å². The number of anilines is 1. The number of para-hydroxylation sites is 1. The second-order valence-corrected chi connectivity index (χ2v) is 11.1. The molecule has 0 spiro atoms. The molecule has 0 N–H and O–H groups in total. The maximum absolute atomic E-state index is 15.2. The molecule has 4 saturated carbocycles. The lowest BCUT2D eigenvalue weighted by Gasteiger charge is -2.61. The van der Waals surface area contributed by atoms with Gasteiger partial charge >= 0.3 is 5.97 Å². The molecule has 2 aromatic rings. The van der Waals surface area contributed by atoms with Gasteiger partial charge in [0, 0.05) is 17.8 Å². The summed E-state index contributed by atoms with van der Waals surface area (Å²) in [6, 6.07) is 14.5. The Labute approximate surface area is 206 Å². The molecule has 4 atom stereocenters. The molecule has 1 amide bonds. The monoisotopic (exact) mass is 479 g/mol. The van der Waals surface area contributed by atoms with E-state index in [-0.39, 0.29) is 35.8 Å². The van der Waals surface area contributed by atoms with Crippen LogP contribution in [0.25, 0.3) is 0 Å². The van der Waals surface area contributed by atoms with Crippen molar-refractivity contribution in [1.29, 1.82) is 0 Å². The minimum Gasteiger partial charge on any atom is -0.497 e. The van der Waals surface area contributed by atoms with Gasteiger partial charge in [-0.15, -0.1) is 0 Å². The first-order chi connectivity index (χ1) is 16.7. The summed E-state index contributed by atoms with van der Waals surface area (Å²) in [5.41, 5.74) is 0.465. The van der Waals surface area contributed by atoms with Crippen LogP contribution in [-0.2, 0) is 19.7 Å². The van der Waals surface area contributed by atoms with E-state index in [1.165, 1.54) is 13.2 Å². The van der Waals surface area contributed by atoms with Gasteiger partial charge in [-0.3, -0.25) is 9.59 Å². The lowest BCUT2D eigenvalue weighted by atomic mass is 9.43. The Balaban J connectivity index is 1.35. The second kappa shape index (κ2) is 8.96. The quantitative estimate of drug-likeness (QED) is 0.481. The molecule has 2 unspecified atom stereocenters. The van der Waals surface area contributed by atoms with Crippen LogP contribution < -0.4 is 9.64 Å². The Morgan fingerprint density at radius 1 is 1.06 bits per heavy atom. The average Bonchev–Trinajstić information content (AvgIpc) is 2.82. The number of esters is 1. The van der Waals surface area contributed by atoms with E-state index in [4.69, 9.17) is 9.47 Å². The Bertz CT molecular complexity index is 1100. The highest BCUT2D eigenvalue weighted by molar-refractivity contribution is 5.96. The fraction of sp³-hybridized carbons (Fsp3) is 0.517. The normalized spacial score (nSPS) is 28.7.